The van der Waals surface area contributed by atoms with Crippen molar-refractivity contribution in [3.8, 4) is 5.75 Å². The predicted molar refractivity (Wildman–Crippen MR) is 95.9 cm³/mol. The molecule has 0 spiro atoms. The molecule has 1 saturated heterocycles. The molecule has 2 aromatic rings. The fourth-order valence-corrected chi connectivity index (χ4v) is 3.56. The summed E-state index contributed by atoms with van der Waals surface area (Å²) < 4.78 is 81.0. The zero-order chi connectivity index (χ0) is 21.2. The van der Waals surface area contributed by atoms with E-state index in [0.717, 1.165) is 18.2 Å². The first-order valence-corrected chi connectivity index (χ1v) is 9.09. The Kier molecular flexibility index (Phi) is 6.30. The van der Waals surface area contributed by atoms with Crippen molar-refractivity contribution >= 4 is 11.6 Å². The molecule has 29 heavy (non-hydrogen) atoms. The Bertz CT molecular complexity index is 832. The zero-order valence-electron chi connectivity index (χ0n) is 14.9. The summed E-state index contributed by atoms with van der Waals surface area (Å²) in [6.07, 6.45) is -9.44. The van der Waals surface area contributed by atoms with Crippen LogP contribution in [0.5, 0.6) is 5.75 Å². The SMILES string of the molecule is FC(F)(F)Oc1ccc([C@H](c2ccc(Cl)c(C(F)(F)F)c2)N2CCNCC2)cc1. The molecule has 1 aliphatic rings. The minimum absolute atomic E-state index is 0.355. The number of benzene rings is 2. The number of halogens is 7. The molecule has 1 aliphatic heterocycles. The Labute approximate surface area is 168 Å². The lowest BCUT2D eigenvalue weighted by Gasteiger charge is -2.36. The Balaban J connectivity index is 2.00. The van der Waals surface area contributed by atoms with Gasteiger partial charge in [0.2, 0.25) is 0 Å². The summed E-state index contributed by atoms with van der Waals surface area (Å²) in [6, 6.07) is 8.27. The van der Waals surface area contributed by atoms with Crippen LogP contribution in [0.3, 0.4) is 0 Å². The molecule has 158 valence electrons. The Morgan fingerprint density at radius 3 is 2.03 bits per heavy atom. The maximum atomic E-state index is 13.3. The molecule has 0 bridgehead atoms. The molecule has 0 radical (unpaired) electrons. The number of alkyl halides is 6. The molecule has 2 aromatic carbocycles. The van der Waals surface area contributed by atoms with Gasteiger partial charge in [-0.25, -0.2) is 0 Å². The first-order valence-electron chi connectivity index (χ1n) is 8.72. The van der Waals surface area contributed by atoms with Crippen LogP contribution >= 0.6 is 11.6 Å². The van der Waals surface area contributed by atoms with Gasteiger partial charge < -0.3 is 10.1 Å². The highest BCUT2D eigenvalue weighted by molar-refractivity contribution is 6.31. The fraction of sp³-hybridized carbons (Fsp3) is 0.368. The van der Waals surface area contributed by atoms with Gasteiger partial charge in [0.25, 0.3) is 0 Å². The van der Waals surface area contributed by atoms with Gasteiger partial charge in [-0.1, -0.05) is 29.8 Å². The standard InChI is InChI=1S/C19H17ClF6N2O/c20-16-6-3-13(11-15(16)18(21,22)23)17(28-9-7-27-8-10-28)12-1-4-14(5-2-12)29-19(24,25)26/h1-6,11,17,27H,7-10H2/t17-/m1/s1. The predicted octanol–water partition coefficient (Wildman–Crippen LogP) is 5.25. The molecule has 1 atom stereocenters. The zero-order valence-corrected chi connectivity index (χ0v) is 15.7. The van der Waals surface area contributed by atoms with E-state index in [-0.39, 0.29) is 0 Å². The van der Waals surface area contributed by atoms with E-state index < -0.39 is 34.9 Å². The van der Waals surface area contributed by atoms with Crippen LogP contribution in [0.4, 0.5) is 26.3 Å². The van der Waals surface area contributed by atoms with E-state index in [0.29, 0.717) is 37.3 Å². The minimum Gasteiger partial charge on any atom is -0.406 e. The molecule has 1 heterocycles. The van der Waals surface area contributed by atoms with Crippen LogP contribution in [0.1, 0.15) is 22.7 Å². The molecule has 3 nitrogen and oxygen atoms in total. The number of nitrogens with zero attached hydrogens (tertiary/aromatic N) is 1. The molecule has 0 amide bonds. The highest BCUT2D eigenvalue weighted by Crippen LogP contribution is 2.39. The third-order valence-corrected chi connectivity index (χ3v) is 4.89. The van der Waals surface area contributed by atoms with Crippen LogP contribution in [-0.4, -0.2) is 37.4 Å². The number of nitrogens with one attached hydrogen (secondary N) is 1. The smallest absolute Gasteiger partial charge is 0.406 e. The molecular weight excluding hydrogens is 422 g/mol. The molecular formula is C19H17ClF6N2O. The second-order valence-electron chi connectivity index (χ2n) is 6.54. The number of piperazine rings is 1. The van der Waals surface area contributed by atoms with Crippen molar-refractivity contribution in [2.24, 2.45) is 0 Å². The number of hydrogen-bond acceptors (Lipinski definition) is 3. The van der Waals surface area contributed by atoms with Crippen LogP contribution < -0.4 is 10.1 Å². The maximum Gasteiger partial charge on any atom is 0.573 e. The van der Waals surface area contributed by atoms with E-state index in [9.17, 15) is 26.3 Å². The van der Waals surface area contributed by atoms with Crippen molar-refractivity contribution < 1.29 is 31.1 Å². The van der Waals surface area contributed by atoms with Crippen molar-refractivity contribution in [3.05, 3.63) is 64.2 Å². The van der Waals surface area contributed by atoms with Gasteiger partial charge in [-0.05, 0) is 35.4 Å². The minimum atomic E-state index is -4.82. The summed E-state index contributed by atoms with van der Waals surface area (Å²) in [4.78, 5) is 1.97. The van der Waals surface area contributed by atoms with E-state index in [1.165, 1.54) is 24.3 Å². The molecule has 0 aromatic heterocycles. The second kappa shape index (κ2) is 8.41. The van der Waals surface area contributed by atoms with Crippen molar-refractivity contribution in [2.75, 3.05) is 26.2 Å². The Morgan fingerprint density at radius 2 is 1.48 bits per heavy atom. The van der Waals surface area contributed by atoms with E-state index in [1.54, 1.807) is 0 Å². The highest BCUT2D eigenvalue weighted by atomic mass is 35.5. The van der Waals surface area contributed by atoms with E-state index in [4.69, 9.17) is 11.6 Å². The summed E-state index contributed by atoms with van der Waals surface area (Å²) in [5.41, 5.74) is -0.0428. The lowest BCUT2D eigenvalue weighted by Crippen LogP contribution is -2.45. The van der Waals surface area contributed by atoms with Gasteiger partial charge in [-0.3, -0.25) is 4.90 Å². The van der Waals surface area contributed by atoms with Crippen molar-refractivity contribution in [1.82, 2.24) is 10.2 Å². The van der Waals surface area contributed by atoms with Crippen LogP contribution in [0.15, 0.2) is 42.5 Å². The third-order valence-electron chi connectivity index (χ3n) is 4.56. The first-order chi connectivity index (χ1) is 13.5. The molecule has 10 heteroatoms. The molecule has 0 aliphatic carbocycles. The number of ether oxygens (including phenoxy) is 1. The summed E-state index contributed by atoms with van der Waals surface area (Å²) >= 11 is 5.73. The number of hydrogen-bond donors (Lipinski definition) is 1. The average molecular weight is 439 g/mol. The Hall–Kier alpha value is -1.97. The van der Waals surface area contributed by atoms with Crippen LogP contribution in [0.25, 0.3) is 0 Å². The van der Waals surface area contributed by atoms with Gasteiger partial charge in [0.1, 0.15) is 5.75 Å². The molecule has 1 N–H and O–H groups in total. The first kappa shape index (κ1) is 21.7. The normalized spacial score (nSPS) is 17.2. The highest BCUT2D eigenvalue weighted by Gasteiger charge is 2.35. The van der Waals surface area contributed by atoms with Crippen LogP contribution in [-0.2, 0) is 6.18 Å². The average Bonchev–Trinajstić information content (AvgIpc) is 2.63. The van der Waals surface area contributed by atoms with E-state index >= 15 is 0 Å². The van der Waals surface area contributed by atoms with Gasteiger partial charge in [-0.2, -0.15) is 13.2 Å². The third kappa shape index (κ3) is 5.55. The summed E-state index contributed by atoms with van der Waals surface area (Å²) in [5, 5.41) is 2.76. The van der Waals surface area contributed by atoms with E-state index in [1.807, 2.05) is 4.90 Å². The van der Waals surface area contributed by atoms with Crippen molar-refractivity contribution in [3.63, 3.8) is 0 Å². The summed E-state index contributed by atoms with van der Waals surface area (Å²) in [6.45, 7) is 2.42. The monoisotopic (exact) mass is 438 g/mol. The summed E-state index contributed by atoms with van der Waals surface area (Å²) in [5.74, 6) is -0.396. The van der Waals surface area contributed by atoms with Crippen LogP contribution in [0, 0.1) is 0 Å². The van der Waals surface area contributed by atoms with Gasteiger partial charge >= 0.3 is 12.5 Å². The Morgan fingerprint density at radius 1 is 0.897 bits per heavy atom. The van der Waals surface area contributed by atoms with Gasteiger partial charge in [-0.15, -0.1) is 13.2 Å². The second-order valence-corrected chi connectivity index (χ2v) is 6.95. The topological polar surface area (TPSA) is 24.5 Å². The van der Waals surface area contributed by atoms with Gasteiger partial charge in [0.15, 0.2) is 0 Å². The van der Waals surface area contributed by atoms with Crippen molar-refractivity contribution in [1.29, 1.82) is 0 Å². The molecule has 0 saturated carbocycles. The fourth-order valence-electron chi connectivity index (χ4n) is 3.34. The summed E-state index contributed by atoms with van der Waals surface area (Å²) in [7, 11) is 0. The quantitative estimate of drug-likeness (QED) is 0.660. The van der Waals surface area contributed by atoms with E-state index in [2.05, 4.69) is 10.1 Å². The van der Waals surface area contributed by atoms with Crippen molar-refractivity contribution in [2.45, 2.75) is 18.6 Å². The molecule has 1 fully saturated rings. The van der Waals surface area contributed by atoms with Gasteiger partial charge in [0.05, 0.1) is 16.6 Å². The van der Waals surface area contributed by atoms with Crippen LogP contribution in [0.2, 0.25) is 5.02 Å². The maximum absolute atomic E-state index is 13.3. The largest absolute Gasteiger partial charge is 0.573 e. The molecule has 3 rings (SSSR count). The van der Waals surface area contributed by atoms with Gasteiger partial charge in [0, 0.05) is 26.2 Å². The lowest BCUT2D eigenvalue weighted by molar-refractivity contribution is -0.274. The molecule has 0 unspecified atom stereocenters. The lowest BCUT2D eigenvalue weighted by atomic mass is 9.94. The number of rotatable bonds is 4.